The van der Waals surface area contributed by atoms with Crippen LogP contribution in [0.1, 0.15) is 39.1 Å². The van der Waals surface area contributed by atoms with E-state index in [-0.39, 0.29) is 23.5 Å². The maximum atomic E-state index is 12.6. The first kappa shape index (κ1) is 18.1. The van der Waals surface area contributed by atoms with E-state index in [9.17, 15) is 19.7 Å². The van der Waals surface area contributed by atoms with E-state index < -0.39 is 4.92 Å². The Bertz CT molecular complexity index is 827. The summed E-state index contributed by atoms with van der Waals surface area (Å²) in [4.78, 5) is 36.9. The second kappa shape index (κ2) is 7.65. The quantitative estimate of drug-likeness (QED) is 0.659. The van der Waals surface area contributed by atoms with Gasteiger partial charge >= 0.3 is 0 Å². The minimum atomic E-state index is -0.453. The number of piperidine rings is 1. The number of carbonyl (C=O) groups is 2. The Kier molecular flexibility index (Phi) is 5.32. The number of hydrogen-bond donors (Lipinski definition) is 1. The van der Waals surface area contributed by atoms with Crippen LogP contribution in [0.2, 0.25) is 0 Å². The summed E-state index contributed by atoms with van der Waals surface area (Å²) in [5.41, 5.74) is 1.60. The standard InChI is InChI=1S/C18H19N3O4S/c1-12-10-13(2-3-16(12)21(24)25)18(23)20-7-4-15(5-8-20)19-17(22)14-6-9-26-11-14/h2-3,6,9-11,15H,4-5,7-8H2,1H3,(H,19,22). The molecule has 1 N–H and O–H groups in total. The van der Waals surface area contributed by atoms with Crippen LogP contribution in [0.3, 0.4) is 0 Å². The van der Waals surface area contributed by atoms with Crippen molar-refractivity contribution >= 4 is 28.8 Å². The van der Waals surface area contributed by atoms with Gasteiger partial charge in [-0.25, -0.2) is 0 Å². The monoisotopic (exact) mass is 373 g/mol. The molecule has 2 aromatic rings. The van der Waals surface area contributed by atoms with Crippen LogP contribution in [0.4, 0.5) is 5.69 Å². The van der Waals surface area contributed by atoms with Gasteiger partial charge in [0.05, 0.1) is 4.92 Å². The predicted molar refractivity (Wildman–Crippen MR) is 98.5 cm³/mol. The minimum Gasteiger partial charge on any atom is -0.349 e. The molecule has 1 aliphatic rings. The van der Waals surface area contributed by atoms with Crippen molar-refractivity contribution in [1.82, 2.24) is 10.2 Å². The fourth-order valence-electron chi connectivity index (χ4n) is 3.07. The van der Waals surface area contributed by atoms with Gasteiger partial charge in [0.1, 0.15) is 0 Å². The van der Waals surface area contributed by atoms with Gasteiger partial charge in [-0.15, -0.1) is 0 Å². The summed E-state index contributed by atoms with van der Waals surface area (Å²) in [7, 11) is 0. The molecule has 2 amide bonds. The van der Waals surface area contributed by atoms with Crippen molar-refractivity contribution in [3.63, 3.8) is 0 Å². The first-order valence-corrected chi connectivity index (χ1v) is 9.27. The zero-order valence-corrected chi connectivity index (χ0v) is 15.1. The highest BCUT2D eigenvalue weighted by Crippen LogP contribution is 2.21. The molecule has 1 aliphatic heterocycles. The molecule has 0 unspecified atom stereocenters. The molecule has 0 bridgehead atoms. The predicted octanol–water partition coefficient (Wildman–Crippen LogP) is 3.00. The Labute approximate surface area is 154 Å². The van der Waals surface area contributed by atoms with Crippen LogP contribution >= 0.6 is 11.3 Å². The second-order valence-electron chi connectivity index (χ2n) is 6.31. The Balaban J connectivity index is 1.57. The molecule has 1 fully saturated rings. The third-order valence-corrected chi connectivity index (χ3v) is 5.22. The Morgan fingerprint density at radius 1 is 1.23 bits per heavy atom. The van der Waals surface area contributed by atoms with Crippen molar-refractivity contribution in [2.24, 2.45) is 0 Å². The SMILES string of the molecule is Cc1cc(C(=O)N2CCC(NC(=O)c3ccsc3)CC2)ccc1[N+](=O)[O-]. The normalized spacial score (nSPS) is 14.9. The van der Waals surface area contributed by atoms with Gasteiger partial charge in [0.2, 0.25) is 0 Å². The van der Waals surface area contributed by atoms with Crippen molar-refractivity contribution in [3.8, 4) is 0 Å². The summed E-state index contributed by atoms with van der Waals surface area (Å²) in [5.74, 6) is -0.215. The van der Waals surface area contributed by atoms with Crippen LogP contribution in [0, 0.1) is 17.0 Å². The number of likely N-dealkylation sites (tertiary alicyclic amines) is 1. The van der Waals surface area contributed by atoms with E-state index in [0.29, 0.717) is 42.6 Å². The van der Waals surface area contributed by atoms with Crippen LogP contribution in [0.25, 0.3) is 0 Å². The van der Waals surface area contributed by atoms with Gasteiger partial charge in [0.25, 0.3) is 17.5 Å². The lowest BCUT2D eigenvalue weighted by Gasteiger charge is -2.32. The maximum absolute atomic E-state index is 12.6. The van der Waals surface area contributed by atoms with Crippen molar-refractivity contribution in [1.29, 1.82) is 0 Å². The van der Waals surface area contributed by atoms with E-state index in [1.54, 1.807) is 24.0 Å². The Morgan fingerprint density at radius 2 is 1.96 bits per heavy atom. The average molecular weight is 373 g/mol. The third-order valence-electron chi connectivity index (χ3n) is 4.54. The number of amides is 2. The van der Waals surface area contributed by atoms with E-state index in [2.05, 4.69) is 5.32 Å². The Morgan fingerprint density at radius 3 is 2.54 bits per heavy atom. The number of rotatable bonds is 4. The smallest absolute Gasteiger partial charge is 0.272 e. The summed E-state index contributed by atoms with van der Waals surface area (Å²) in [6, 6.07) is 6.26. The fourth-order valence-corrected chi connectivity index (χ4v) is 3.70. The Hall–Kier alpha value is -2.74. The largest absolute Gasteiger partial charge is 0.349 e. The van der Waals surface area contributed by atoms with Crippen molar-refractivity contribution in [2.45, 2.75) is 25.8 Å². The highest BCUT2D eigenvalue weighted by atomic mass is 32.1. The van der Waals surface area contributed by atoms with Crippen LogP contribution < -0.4 is 5.32 Å². The lowest BCUT2D eigenvalue weighted by Crippen LogP contribution is -2.46. The molecule has 0 spiro atoms. The molecule has 8 heteroatoms. The van der Waals surface area contributed by atoms with E-state index in [1.165, 1.54) is 23.5 Å². The molecule has 7 nitrogen and oxygen atoms in total. The number of thiophene rings is 1. The number of nitro benzene ring substituents is 1. The van der Waals surface area contributed by atoms with Gasteiger partial charge in [-0.2, -0.15) is 11.3 Å². The van der Waals surface area contributed by atoms with Crippen molar-refractivity contribution in [2.75, 3.05) is 13.1 Å². The molecule has 1 aromatic carbocycles. The number of nitrogens with one attached hydrogen (secondary N) is 1. The molecular weight excluding hydrogens is 354 g/mol. The van der Waals surface area contributed by atoms with Gasteiger partial charge < -0.3 is 10.2 Å². The van der Waals surface area contributed by atoms with Crippen LogP contribution in [0.5, 0.6) is 0 Å². The fraction of sp³-hybridized carbons (Fsp3) is 0.333. The summed E-state index contributed by atoms with van der Waals surface area (Å²) in [6.07, 6.45) is 1.38. The van der Waals surface area contributed by atoms with Crippen LogP contribution in [-0.2, 0) is 0 Å². The highest BCUT2D eigenvalue weighted by molar-refractivity contribution is 7.08. The first-order valence-electron chi connectivity index (χ1n) is 8.33. The number of aryl methyl sites for hydroxylation is 1. The van der Waals surface area contributed by atoms with E-state index in [4.69, 9.17) is 0 Å². The summed E-state index contributed by atoms with van der Waals surface area (Å²) in [5, 5.41) is 17.6. The lowest BCUT2D eigenvalue weighted by molar-refractivity contribution is -0.385. The van der Waals surface area contributed by atoms with Crippen molar-refractivity contribution < 1.29 is 14.5 Å². The molecule has 0 aliphatic carbocycles. The van der Waals surface area contributed by atoms with Crippen LogP contribution in [-0.4, -0.2) is 40.8 Å². The number of nitrogens with zero attached hydrogens (tertiary/aromatic N) is 2. The summed E-state index contributed by atoms with van der Waals surface area (Å²) in [6.45, 7) is 2.72. The molecule has 2 heterocycles. The lowest BCUT2D eigenvalue weighted by atomic mass is 10.0. The molecule has 26 heavy (non-hydrogen) atoms. The molecule has 0 atom stereocenters. The number of benzene rings is 1. The van der Waals surface area contributed by atoms with Gasteiger partial charge in [0, 0.05) is 47.3 Å². The number of nitro groups is 1. The highest BCUT2D eigenvalue weighted by Gasteiger charge is 2.25. The van der Waals surface area contributed by atoms with Gasteiger partial charge in [-0.1, -0.05) is 0 Å². The average Bonchev–Trinajstić information content (AvgIpc) is 3.16. The zero-order chi connectivity index (χ0) is 18.7. The zero-order valence-electron chi connectivity index (χ0n) is 14.3. The van der Waals surface area contributed by atoms with E-state index >= 15 is 0 Å². The maximum Gasteiger partial charge on any atom is 0.272 e. The van der Waals surface area contributed by atoms with Gasteiger partial charge in [0.15, 0.2) is 0 Å². The third kappa shape index (κ3) is 3.91. The number of hydrogen-bond acceptors (Lipinski definition) is 5. The van der Waals surface area contributed by atoms with Crippen molar-refractivity contribution in [3.05, 3.63) is 61.8 Å². The van der Waals surface area contributed by atoms with E-state index in [1.807, 2.05) is 10.8 Å². The minimum absolute atomic E-state index is 0.0106. The van der Waals surface area contributed by atoms with Crippen LogP contribution in [0.15, 0.2) is 35.0 Å². The first-order chi connectivity index (χ1) is 12.5. The molecular formula is C18H19N3O4S. The molecule has 3 rings (SSSR count). The molecule has 0 radical (unpaired) electrons. The molecule has 1 saturated heterocycles. The molecule has 0 saturated carbocycles. The van der Waals surface area contributed by atoms with E-state index in [0.717, 1.165) is 0 Å². The van der Waals surface area contributed by atoms with Gasteiger partial charge in [-0.05, 0) is 43.3 Å². The molecule has 136 valence electrons. The number of carbonyl (C=O) groups excluding carboxylic acids is 2. The second-order valence-corrected chi connectivity index (χ2v) is 7.09. The topological polar surface area (TPSA) is 92.6 Å². The van der Waals surface area contributed by atoms with Gasteiger partial charge in [-0.3, -0.25) is 19.7 Å². The molecule has 1 aromatic heterocycles. The summed E-state index contributed by atoms with van der Waals surface area (Å²) < 4.78 is 0. The summed E-state index contributed by atoms with van der Waals surface area (Å²) >= 11 is 1.48.